The number of carboxylic acid groups (broad SMARTS) is 1. The van der Waals surface area contributed by atoms with Gasteiger partial charge in [0.1, 0.15) is 11.6 Å². The van der Waals surface area contributed by atoms with Gasteiger partial charge in [-0.3, -0.25) is 0 Å². The molecule has 88 valence electrons. The van der Waals surface area contributed by atoms with Crippen molar-refractivity contribution in [2.45, 2.75) is 5.92 Å². The zero-order valence-corrected chi connectivity index (χ0v) is 9.45. The minimum atomic E-state index is -1.10. The van der Waals surface area contributed by atoms with Gasteiger partial charge in [0.15, 0.2) is 0 Å². The molecule has 18 heavy (non-hydrogen) atoms. The summed E-state index contributed by atoms with van der Waals surface area (Å²) in [5, 5.41) is 18.1. The molecule has 2 aromatic rings. The van der Waals surface area contributed by atoms with Gasteiger partial charge in [-0.2, -0.15) is 5.26 Å². The maximum atomic E-state index is 10.9. The van der Waals surface area contributed by atoms with Crippen LogP contribution in [0, 0.1) is 11.3 Å². The number of nitrogens with zero attached hydrogens (tertiary/aromatic N) is 2. The molecule has 0 aliphatic rings. The summed E-state index contributed by atoms with van der Waals surface area (Å²) in [6.45, 7) is 0. The van der Waals surface area contributed by atoms with Crippen LogP contribution in [-0.4, -0.2) is 16.1 Å². The number of hydrogen-bond donors (Lipinski definition) is 1. The highest BCUT2D eigenvalue weighted by Crippen LogP contribution is 2.22. The molecular formula is C14H10N2O2. The number of hydrogen-bond acceptors (Lipinski definition) is 3. The van der Waals surface area contributed by atoms with Crippen LogP contribution in [0.4, 0.5) is 0 Å². The summed E-state index contributed by atoms with van der Waals surface area (Å²) < 4.78 is 0. The van der Waals surface area contributed by atoms with E-state index in [9.17, 15) is 10.1 Å². The van der Waals surface area contributed by atoms with Crippen LogP contribution in [0.2, 0.25) is 0 Å². The third kappa shape index (κ3) is 2.36. The molecule has 1 heterocycles. The maximum absolute atomic E-state index is 10.9. The molecule has 2 rings (SSSR count). The van der Waals surface area contributed by atoms with Gasteiger partial charge < -0.3 is 5.11 Å². The lowest BCUT2D eigenvalue weighted by molar-refractivity contribution is 0.0690. The van der Waals surface area contributed by atoms with Crippen LogP contribution < -0.4 is 0 Å². The van der Waals surface area contributed by atoms with Gasteiger partial charge in [0.25, 0.3) is 0 Å². The Labute approximate surface area is 104 Å². The standard InChI is InChI=1S/C14H10N2O2/c15-9-11(10-5-2-1-3-6-10)12-7-4-8-13(16-12)14(17)18/h1-8,11H,(H,17,18). The summed E-state index contributed by atoms with van der Waals surface area (Å²) >= 11 is 0. The van der Waals surface area contributed by atoms with Crippen LogP contribution in [0.5, 0.6) is 0 Å². The fourth-order valence-electron chi connectivity index (χ4n) is 1.69. The summed E-state index contributed by atoms with van der Waals surface area (Å²) in [4.78, 5) is 14.9. The molecule has 4 heteroatoms. The average molecular weight is 238 g/mol. The summed E-state index contributed by atoms with van der Waals surface area (Å²) in [5.41, 5.74) is 1.20. The lowest BCUT2D eigenvalue weighted by Crippen LogP contribution is -2.06. The highest BCUT2D eigenvalue weighted by atomic mass is 16.4. The van der Waals surface area contributed by atoms with E-state index in [1.165, 1.54) is 6.07 Å². The van der Waals surface area contributed by atoms with Gasteiger partial charge in [0.2, 0.25) is 0 Å². The first kappa shape index (κ1) is 11.8. The van der Waals surface area contributed by atoms with E-state index in [0.717, 1.165) is 5.56 Å². The number of carboxylic acids is 1. The van der Waals surface area contributed by atoms with E-state index in [4.69, 9.17) is 5.11 Å². The van der Waals surface area contributed by atoms with Crippen molar-refractivity contribution in [2.24, 2.45) is 0 Å². The molecule has 1 unspecified atom stereocenters. The van der Waals surface area contributed by atoms with Gasteiger partial charge in [0.05, 0.1) is 11.8 Å². The Bertz CT molecular complexity index is 603. The van der Waals surface area contributed by atoms with E-state index >= 15 is 0 Å². The van der Waals surface area contributed by atoms with E-state index < -0.39 is 11.9 Å². The van der Waals surface area contributed by atoms with Crippen LogP contribution >= 0.6 is 0 Å². The molecular weight excluding hydrogens is 228 g/mol. The molecule has 0 aliphatic carbocycles. The fourth-order valence-corrected chi connectivity index (χ4v) is 1.69. The van der Waals surface area contributed by atoms with Gasteiger partial charge in [-0.15, -0.1) is 0 Å². The van der Waals surface area contributed by atoms with Crippen LogP contribution in [0.3, 0.4) is 0 Å². The Hall–Kier alpha value is -2.67. The molecule has 1 aromatic heterocycles. The summed E-state index contributed by atoms with van der Waals surface area (Å²) in [5.74, 6) is -1.65. The predicted octanol–water partition coefficient (Wildman–Crippen LogP) is 2.44. The Balaban J connectivity index is 2.44. The topological polar surface area (TPSA) is 74.0 Å². The maximum Gasteiger partial charge on any atom is 0.354 e. The third-order valence-corrected chi connectivity index (χ3v) is 2.55. The Morgan fingerprint density at radius 2 is 1.89 bits per heavy atom. The minimum absolute atomic E-state index is 0.0521. The van der Waals surface area contributed by atoms with E-state index in [1.54, 1.807) is 12.1 Å². The second-order valence-corrected chi connectivity index (χ2v) is 3.73. The van der Waals surface area contributed by atoms with Crippen molar-refractivity contribution in [2.75, 3.05) is 0 Å². The molecule has 0 fully saturated rings. The van der Waals surface area contributed by atoms with Crippen molar-refractivity contribution < 1.29 is 9.90 Å². The zero-order chi connectivity index (χ0) is 13.0. The quantitative estimate of drug-likeness (QED) is 0.891. The van der Waals surface area contributed by atoms with Gasteiger partial charge >= 0.3 is 5.97 Å². The molecule has 0 saturated heterocycles. The first-order valence-corrected chi connectivity index (χ1v) is 5.37. The van der Waals surface area contributed by atoms with Crippen LogP contribution in [-0.2, 0) is 0 Å². The third-order valence-electron chi connectivity index (χ3n) is 2.55. The highest BCUT2D eigenvalue weighted by Gasteiger charge is 2.16. The number of nitriles is 1. The predicted molar refractivity (Wildman–Crippen MR) is 65.1 cm³/mol. The highest BCUT2D eigenvalue weighted by molar-refractivity contribution is 5.85. The molecule has 0 spiro atoms. The largest absolute Gasteiger partial charge is 0.477 e. The molecule has 1 aromatic carbocycles. The average Bonchev–Trinajstić information content (AvgIpc) is 2.41. The van der Waals surface area contributed by atoms with Crippen molar-refractivity contribution in [3.8, 4) is 6.07 Å². The summed E-state index contributed by atoms with van der Waals surface area (Å²) in [7, 11) is 0. The minimum Gasteiger partial charge on any atom is -0.477 e. The van der Waals surface area contributed by atoms with Gasteiger partial charge in [-0.1, -0.05) is 36.4 Å². The normalized spacial score (nSPS) is 11.5. The molecule has 0 amide bonds. The first-order valence-electron chi connectivity index (χ1n) is 5.37. The molecule has 0 bridgehead atoms. The fraction of sp³-hybridized carbons (Fsp3) is 0.0714. The van der Waals surface area contributed by atoms with E-state index in [1.807, 2.05) is 30.3 Å². The van der Waals surface area contributed by atoms with Crippen molar-refractivity contribution >= 4 is 5.97 Å². The van der Waals surface area contributed by atoms with Crippen LogP contribution in [0.1, 0.15) is 27.7 Å². The molecule has 0 radical (unpaired) electrons. The Kier molecular flexibility index (Phi) is 3.35. The number of pyridine rings is 1. The van der Waals surface area contributed by atoms with Gasteiger partial charge in [-0.05, 0) is 17.7 Å². The smallest absolute Gasteiger partial charge is 0.354 e. The molecule has 4 nitrogen and oxygen atoms in total. The number of rotatable bonds is 3. The van der Waals surface area contributed by atoms with Crippen LogP contribution in [0.25, 0.3) is 0 Å². The molecule has 0 aliphatic heterocycles. The van der Waals surface area contributed by atoms with Gasteiger partial charge in [-0.25, -0.2) is 9.78 Å². The Morgan fingerprint density at radius 3 is 2.50 bits per heavy atom. The lowest BCUT2D eigenvalue weighted by atomic mass is 9.96. The van der Waals surface area contributed by atoms with Gasteiger partial charge in [0, 0.05) is 0 Å². The van der Waals surface area contributed by atoms with Crippen molar-refractivity contribution in [3.63, 3.8) is 0 Å². The Morgan fingerprint density at radius 1 is 1.17 bits per heavy atom. The number of aromatic carboxylic acids is 1. The van der Waals surface area contributed by atoms with Crippen molar-refractivity contribution in [1.82, 2.24) is 4.98 Å². The monoisotopic (exact) mass is 238 g/mol. The number of aromatic nitrogens is 1. The SMILES string of the molecule is N#CC(c1ccccc1)c1cccc(C(=O)O)n1. The van der Waals surface area contributed by atoms with E-state index in [2.05, 4.69) is 11.1 Å². The molecule has 1 N–H and O–H groups in total. The second-order valence-electron chi connectivity index (χ2n) is 3.73. The molecule has 0 saturated carbocycles. The zero-order valence-electron chi connectivity index (χ0n) is 9.45. The summed E-state index contributed by atoms with van der Waals surface area (Å²) in [6, 6.07) is 16.0. The second kappa shape index (κ2) is 5.11. The number of carbonyl (C=O) groups is 1. The van der Waals surface area contributed by atoms with Crippen LogP contribution in [0.15, 0.2) is 48.5 Å². The number of benzene rings is 1. The first-order chi connectivity index (χ1) is 8.72. The van der Waals surface area contributed by atoms with E-state index in [0.29, 0.717) is 5.69 Å². The summed E-state index contributed by atoms with van der Waals surface area (Å²) in [6.07, 6.45) is 0. The molecule has 1 atom stereocenters. The lowest BCUT2D eigenvalue weighted by Gasteiger charge is -2.09. The van der Waals surface area contributed by atoms with E-state index in [-0.39, 0.29) is 5.69 Å². The van der Waals surface area contributed by atoms with Crippen molar-refractivity contribution in [1.29, 1.82) is 5.26 Å². The van der Waals surface area contributed by atoms with Crippen molar-refractivity contribution in [3.05, 3.63) is 65.5 Å².